The van der Waals surface area contributed by atoms with Crippen LogP contribution < -0.4 is 5.73 Å². The number of nitrogen functional groups attached to an aromatic ring is 1. The summed E-state index contributed by atoms with van der Waals surface area (Å²) in [7, 11) is 0. The number of anilines is 1. The van der Waals surface area contributed by atoms with Crippen molar-refractivity contribution >= 4 is 28.9 Å². The van der Waals surface area contributed by atoms with Gasteiger partial charge in [0.05, 0.1) is 0 Å². The minimum absolute atomic E-state index is 0.293. The molecule has 0 saturated heterocycles. The number of halogens is 2. The van der Waals surface area contributed by atoms with E-state index in [1.54, 1.807) is 0 Å². The van der Waals surface area contributed by atoms with Crippen molar-refractivity contribution in [2.24, 2.45) is 0 Å². The molecule has 0 unspecified atom stereocenters. The number of benzene rings is 1. The molecule has 0 heterocycles. The summed E-state index contributed by atoms with van der Waals surface area (Å²) < 4.78 is -0.532. The fourth-order valence-corrected chi connectivity index (χ4v) is 1.86. The smallest absolute Gasteiger partial charge is 0.125 e. The summed E-state index contributed by atoms with van der Waals surface area (Å²) in [6.45, 7) is 0. The highest BCUT2D eigenvalue weighted by molar-refractivity contribution is 6.51. The monoisotopic (exact) mass is 201 g/mol. The standard InChI is InChI=1S/C9H9Cl2N/c10-9(11)5-8(9)6-1-3-7(12)4-2-6/h1-4,8H,5,12H2/t8-/m1/s1. The maximum absolute atomic E-state index is 5.92. The zero-order valence-electron chi connectivity index (χ0n) is 6.43. The van der Waals surface area contributed by atoms with Gasteiger partial charge >= 0.3 is 0 Å². The van der Waals surface area contributed by atoms with Crippen LogP contribution in [0.3, 0.4) is 0 Å². The Balaban J connectivity index is 2.21. The quantitative estimate of drug-likeness (QED) is 0.549. The SMILES string of the molecule is Nc1ccc([C@H]2CC2(Cl)Cl)cc1. The molecule has 12 heavy (non-hydrogen) atoms. The van der Waals surface area contributed by atoms with Gasteiger partial charge in [-0.25, -0.2) is 0 Å². The molecule has 0 spiro atoms. The Morgan fingerprint density at radius 3 is 2.17 bits per heavy atom. The van der Waals surface area contributed by atoms with E-state index in [1.807, 2.05) is 24.3 Å². The normalized spacial score (nSPS) is 25.3. The molecule has 1 fully saturated rings. The molecule has 0 aliphatic heterocycles. The maximum Gasteiger partial charge on any atom is 0.125 e. The van der Waals surface area contributed by atoms with Gasteiger partial charge in [-0.3, -0.25) is 0 Å². The van der Waals surface area contributed by atoms with E-state index in [0.29, 0.717) is 5.92 Å². The zero-order chi connectivity index (χ0) is 8.77. The van der Waals surface area contributed by atoms with E-state index in [0.717, 1.165) is 12.1 Å². The summed E-state index contributed by atoms with van der Waals surface area (Å²) in [5, 5.41) is 0. The summed E-state index contributed by atoms with van der Waals surface area (Å²) in [6.07, 6.45) is 0.847. The number of rotatable bonds is 1. The molecule has 1 aromatic carbocycles. The van der Waals surface area contributed by atoms with Crippen molar-refractivity contribution in [2.45, 2.75) is 16.7 Å². The molecular weight excluding hydrogens is 193 g/mol. The van der Waals surface area contributed by atoms with Crippen LogP contribution in [-0.4, -0.2) is 4.33 Å². The van der Waals surface area contributed by atoms with Crippen molar-refractivity contribution in [2.75, 3.05) is 5.73 Å². The number of alkyl halides is 2. The van der Waals surface area contributed by atoms with Crippen molar-refractivity contribution in [3.05, 3.63) is 29.8 Å². The third kappa shape index (κ3) is 1.39. The lowest BCUT2D eigenvalue weighted by atomic mass is 10.1. The van der Waals surface area contributed by atoms with E-state index in [1.165, 1.54) is 5.56 Å². The van der Waals surface area contributed by atoms with Crippen LogP contribution in [0.5, 0.6) is 0 Å². The predicted octanol–water partition coefficient (Wildman–Crippen LogP) is 2.93. The van der Waals surface area contributed by atoms with Crippen molar-refractivity contribution in [3.63, 3.8) is 0 Å². The van der Waals surface area contributed by atoms with Gasteiger partial charge < -0.3 is 5.73 Å². The second-order valence-electron chi connectivity index (χ2n) is 3.18. The molecule has 64 valence electrons. The predicted molar refractivity (Wildman–Crippen MR) is 52.6 cm³/mol. The molecule has 0 amide bonds. The van der Waals surface area contributed by atoms with Gasteiger partial charge in [-0.2, -0.15) is 0 Å². The third-order valence-corrected chi connectivity index (χ3v) is 3.00. The Morgan fingerprint density at radius 2 is 1.75 bits per heavy atom. The molecule has 3 heteroatoms. The molecule has 0 bridgehead atoms. The fourth-order valence-electron chi connectivity index (χ4n) is 1.30. The summed E-state index contributed by atoms with van der Waals surface area (Å²) in [6, 6.07) is 7.70. The first-order valence-electron chi connectivity index (χ1n) is 3.83. The molecule has 1 saturated carbocycles. The first-order chi connectivity index (χ1) is 5.59. The van der Waals surface area contributed by atoms with Crippen LogP contribution in [0.2, 0.25) is 0 Å². The molecule has 0 aromatic heterocycles. The molecule has 1 nitrogen and oxygen atoms in total. The van der Waals surface area contributed by atoms with E-state index in [-0.39, 0.29) is 0 Å². The van der Waals surface area contributed by atoms with Crippen molar-refractivity contribution < 1.29 is 0 Å². The number of hydrogen-bond donors (Lipinski definition) is 1. The van der Waals surface area contributed by atoms with E-state index in [4.69, 9.17) is 28.9 Å². The van der Waals surface area contributed by atoms with Crippen LogP contribution in [0.25, 0.3) is 0 Å². The molecule has 2 N–H and O–H groups in total. The highest BCUT2D eigenvalue weighted by atomic mass is 35.5. The minimum atomic E-state index is -0.532. The van der Waals surface area contributed by atoms with Crippen LogP contribution in [0.15, 0.2) is 24.3 Å². The minimum Gasteiger partial charge on any atom is -0.399 e. The maximum atomic E-state index is 5.92. The zero-order valence-corrected chi connectivity index (χ0v) is 7.94. The summed E-state index contributed by atoms with van der Waals surface area (Å²) in [5.74, 6) is 0.293. The van der Waals surface area contributed by atoms with Gasteiger partial charge in [-0.05, 0) is 24.1 Å². The second-order valence-corrected chi connectivity index (χ2v) is 4.73. The van der Waals surface area contributed by atoms with Crippen LogP contribution in [0.1, 0.15) is 17.9 Å². The highest BCUT2D eigenvalue weighted by Crippen LogP contribution is 2.59. The summed E-state index contributed by atoms with van der Waals surface area (Å²) in [4.78, 5) is 0. The van der Waals surface area contributed by atoms with Gasteiger partial charge in [-0.15, -0.1) is 23.2 Å². The highest BCUT2D eigenvalue weighted by Gasteiger charge is 2.52. The van der Waals surface area contributed by atoms with Gasteiger partial charge in [0, 0.05) is 11.6 Å². The Bertz CT molecular complexity index is 292. The van der Waals surface area contributed by atoms with E-state index in [9.17, 15) is 0 Å². The van der Waals surface area contributed by atoms with Crippen LogP contribution in [0.4, 0.5) is 5.69 Å². The van der Waals surface area contributed by atoms with Crippen LogP contribution >= 0.6 is 23.2 Å². The largest absolute Gasteiger partial charge is 0.399 e. The molecular formula is C9H9Cl2N. The lowest BCUT2D eigenvalue weighted by molar-refractivity contribution is 1.11. The van der Waals surface area contributed by atoms with Crippen molar-refractivity contribution in [3.8, 4) is 0 Å². The second kappa shape index (κ2) is 2.54. The Kier molecular flexibility index (Phi) is 1.74. The van der Waals surface area contributed by atoms with Crippen molar-refractivity contribution in [1.29, 1.82) is 0 Å². The first kappa shape index (κ1) is 8.21. The fraction of sp³-hybridized carbons (Fsp3) is 0.333. The summed E-state index contributed by atoms with van der Waals surface area (Å²) in [5.41, 5.74) is 7.50. The summed E-state index contributed by atoms with van der Waals surface area (Å²) >= 11 is 11.8. The average molecular weight is 202 g/mol. The van der Waals surface area contributed by atoms with Gasteiger partial charge in [-0.1, -0.05) is 12.1 Å². The third-order valence-electron chi connectivity index (χ3n) is 2.16. The first-order valence-corrected chi connectivity index (χ1v) is 4.58. The van der Waals surface area contributed by atoms with Crippen molar-refractivity contribution in [1.82, 2.24) is 0 Å². The topological polar surface area (TPSA) is 26.0 Å². The lowest BCUT2D eigenvalue weighted by Gasteiger charge is -2.00. The Hall–Kier alpha value is -0.400. The molecule has 1 aliphatic carbocycles. The number of nitrogens with two attached hydrogens (primary N) is 1. The molecule has 0 radical (unpaired) electrons. The lowest BCUT2D eigenvalue weighted by Crippen LogP contribution is -1.90. The molecule has 1 atom stereocenters. The average Bonchev–Trinajstić information content (AvgIpc) is 2.61. The number of hydrogen-bond acceptors (Lipinski definition) is 1. The van der Waals surface area contributed by atoms with Gasteiger partial charge in [0.25, 0.3) is 0 Å². The van der Waals surface area contributed by atoms with Gasteiger partial charge in [0.1, 0.15) is 4.33 Å². The van der Waals surface area contributed by atoms with Crippen LogP contribution in [0, 0.1) is 0 Å². The van der Waals surface area contributed by atoms with Gasteiger partial charge in [0.2, 0.25) is 0 Å². The molecule has 1 aliphatic rings. The van der Waals surface area contributed by atoms with E-state index < -0.39 is 4.33 Å². The van der Waals surface area contributed by atoms with Crippen LogP contribution in [-0.2, 0) is 0 Å². The Labute approximate surface area is 81.5 Å². The van der Waals surface area contributed by atoms with E-state index in [2.05, 4.69) is 0 Å². The molecule has 2 rings (SSSR count). The van der Waals surface area contributed by atoms with Gasteiger partial charge in [0.15, 0.2) is 0 Å². The Morgan fingerprint density at radius 1 is 1.25 bits per heavy atom. The van der Waals surface area contributed by atoms with E-state index >= 15 is 0 Å². The molecule has 1 aromatic rings.